The number of unbranched alkanes of at least 4 members (excludes halogenated alkanes) is 13. The minimum absolute atomic E-state index is 0.130. The van der Waals surface area contributed by atoms with Gasteiger partial charge < -0.3 is 26.2 Å². The molecule has 0 fully saturated rings. The van der Waals surface area contributed by atoms with Crippen LogP contribution in [0.15, 0.2) is 30.4 Å². The van der Waals surface area contributed by atoms with Gasteiger partial charge in [0, 0.05) is 25.7 Å². The Morgan fingerprint density at radius 1 is 0.688 bits per heavy atom. The Labute approximate surface area is 290 Å². The van der Waals surface area contributed by atoms with Crippen LogP contribution in [0, 0.1) is 0 Å². The molecule has 0 heterocycles. The van der Waals surface area contributed by atoms with E-state index in [1.165, 1.54) is 90.5 Å². The largest absolute Gasteiger partial charge is 0.368 e. The van der Waals surface area contributed by atoms with E-state index in [2.05, 4.69) is 19.1 Å². The SMILES string of the molecule is CCCCCCCC/C=C/CCCCCCCCN(CC(N)=O)C(=O)CN(C(=O)CN(CCCCN)C(C)=O)c1ccc2c(c1)CCC2. The first kappa shape index (κ1) is 41.0. The second-order valence-corrected chi connectivity index (χ2v) is 13.4. The molecule has 0 unspecified atom stereocenters. The first-order valence-electron chi connectivity index (χ1n) is 18.9. The number of rotatable bonds is 27. The molecule has 270 valence electrons. The zero-order valence-corrected chi connectivity index (χ0v) is 30.2. The number of nitrogens with zero attached hydrogens (tertiary/aromatic N) is 3. The third kappa shape index (κ3) is 16.8. The molecule has 0 radical (unpaired) electrons. The second-order valence-electron chi connectivity index (χ2n) is 13.4. The lowest BCUT2D eigenvalue weighted by Gasteiger charge is -2.29. The van der Waals surface area contributed by atoms with Gasteiger partial charge in [-0.3, -0.25) is 19.2 Å². The fourth-order valence-electron chi connectivity index (χ4n) is 6.36. The zero-order valence-electron chi connectivity index (χ0n) is 30.2. The van der Waals surface area contributed by atoms with Crippen molar-refractivity contribution in [1.82, 2.24) is 9.80 Å². The Bertz CT molecular complexity index is 1140. The Morgan fingerprint density at radius 3 is 1.90 bits per heavy atom. The topological polar surface area (TPSA) is 130 Å². The maximum Gasteiger partial charge on any atom is 0.247 e. The first-order chi connectivity index (χ1) is 23.3. The number of hydrogen-bond acceptors (Lipinski definition) is 5. The molecule has 0 aromatic heterocycles. The number of primary amides is 1. The van der Waals surface area contributed by atoms with E-state index in [0.29, 0.717) is 31.7 Å². The highest BCUT2D eigenvalue weighted by Crippen LogP contribution is 2.27. The number of aryl methyl sites for hydroxylation is 2. The number of anilines is 1. The predicted octanol–water partition coefficient (Wildman–Crippen LogP) is 6.45. The summed E-state index contributed by atoms with van der Waals surface area (Å²) in [5.74, 6) is -1.43. The van der Waals surface area contributed by atoms with Gasteiger partial charge in [0.15, 0.2) is 0 Å². The molecule has 0 spiro atoms. The minimum atomic E-state index is -0.578. The maximum atomic E-state index is 13.7. The van der Waals surface area contributed by atoms with Crippen LogP contribution >= 0.6 is 0 Å². The van der Waals surface area contributed by atoms with Gasteiger partial charge in [0.25, 0.3) is 0 Å². The molecule has 4 amide bonds. The number of benzene rings is 1. The number of allylic oxidation sites excluding steroid dienone is 2. The molecular weight excluding hydrogens is 602 g/mol. The van der Waals surface area contributed by atoms with Crippen molar-refractivity contribution in [2.24, 2.45) is 11.5 Å². The third-order valence-corrected chi connectivity index (χ3v) is 9.28. The van der Waals surface area contributed by atoms with Gasteiger partial charge in [-0.25, -0.2) is 0 Å². The Morgan fingerprint density at radius 2 is 1.27 bits per heavy atom. The molecule has 0 atom stereocenters. The van der Waals surface area contributed by atoms with Gasteiger partial charge in [0.1, 0.15) is 13.1 Å². The smallest absolute Gasteiger partial charge is 0.247 e. The van der Waals surface area contributed by atoms with Gasteiger partial charge in [-0.15, -0.1) is 0 Å². The summed E-state index contributed by atoms with van der Waals surface area (Å²) >= 11 is 0. The Balaban J connectivity index is 1.88. The first-order valence-corrected chi connectivity index (χ1v) is 18.9. The van der Waals surface area contributed by atoms with Crippen LogP contribution in [-0.2, 0) is 32.0 Å². The molecule has 4 N–H and O–H groups in total. The summed E-state index contributed by atoms with van der Waals surface area (Å²) < 4.78 is 0. The fourth-order valence-corrected chi connectivity index (χ4v) is 6.36. The van der Waals surface area contributed by atoms with Crippen molar-refractivity contribution in [1.29, 1.82) is 0 Å². The molecule has 0 saturated heterocycles. The number of carbonyl (C=O) groups excluding carboxylic acids is 4. The van der Waals surface area contributed by atoms with E-state index in [1.54, 1.807) is 0 Å². The molecule has 9 heteroatoms. The van der Waals surface area contributed by atoms with Crippen LogP contribution < -0.4 is 16.4 Å². The van der Waals surface area contributed by atoms with Crippen LogP contribution in [0.5, 0.6) is 0 Å². The van der Waals surface area contributed by atoms with E-state index in [4.69, 9.17) is 11.5 Å². The van der Waals surface area contributed by atoms with E-state index >= 15 is 0 Å². The fraction of sp³-hybridized carbons (Fsp3) is 0.692. The summed E-state index contributed by atoms with van der Waals surface area (Å²) in [6, 6.07) is 5.90. The molecule has 1 aromatic rings. The molecule has 1 aliphatic rings. The number of amides is 4. The van der Waals surface area contributed by atoms with Crippen molar-refractivity contribution >= 4 is 29.3 Å². The lowest BCUT2D eigenvalue weighted by molar-refractivity contribution is -0.136. The van der Waals surface area contributed by atoms with E-state index in [0.717, 1.165) is 57.8 Å². The lowest BCUT2D eigenvalue weighted by Crippen LogP contribution is -2.49. The Kier molecular flexibility index (Phi) is 21.2. The van der Waals surface area contributed by atoms with Crippen LogP contribution in [0.1, 0.15) is 134 Å². The quantitative estimate of drug-likeness (QED) is 0.0823. The van der Waals surface area contributed by atoms with Gasteiger partial charge in [-0.2, -0.15) is 0 Å². The van der Waals surface area contributed by atoms with Gasteiger partial charge >= 0.3 is 0 Å². The summed E-state index contributed by atoms with van der Waals surface area (Å²) in [6.45, 7) is 4.52. The van der Waals surface area contributed by atoms with Crippen molar-refractivity contribution in [3.8, 4) is 0 Å². The zero-order chi connectivity index (χ0) is 35.0. The number of hydrogen-bond donors (Lipinski definition) is 2. The number of carbonyl (C=O) groups is 4. The second kappa shape index (κ2) is 24.9. The molecule has 0 aliphatic heterocycles. The average Bonchev–Trinajstić information content (AvgIpc) is 3.53. The monoisotopic (exact) mass is 668 g/mol. The van der Waals surface area contributed by atoms with Crippen LogP contribution in [0.3, 0.4) is 0 Å². The highest BCUT2D eigenvalue weighted by atomic mass is 16.2. The maximum absolute atomic E-state index is 13.7. The summed E-state index contributed by atoms with van der Waals surface area (Å²) in [7, 11) is 0. The van der Waals surface area contributed by atoms with E-state index in [1.807, 2.05) is 18.2 Å². The van der Waals surface area contributed by atoms with Gasteiger partial charge in [0.05, 0.1) is 6.54 Å². The molecule has 9 nitrogen and oxygen atoms in total. The van der Waals surface area contributed by atoms with Crippen LogP contribution in [0.25, 0.3) is 0 Å². The van der Waals surface area contributed by atoms with Gasteiger partial charge in [-0.1, -0.05) is 82.9 Å². The number of nitrogens with two attached hydrogens (primary N) is 2. The van der Waals surface area contributed by atoms with Crippen molar-refractivity contribution in [2.75, 3.05) is 44.2 Å². The third-order valence-electron chi connectivity index (χ3n) is 9.28. The molecule has 0 bridgehead atoms. The summed E-state index contributed by atoms with van der Waals surface area (Å²) in [6.07, 6.45) is 25.8. The Hall–Kier alpha value is -3.20. The summed E-state index contributed by atoms with van der Waals surface area (Å²) in [5, 5.41) is 0. The van der Waals surface area contributed by atoms with Gasteiger partial charge in [0.2, 0.25) is 23.6 Å². The lowest BCUT2D eigenvalue weighted by atomic mass is 10.1. The summed E-state index contributed by atoms with van der Waals surface area (Å²) in [5.41, 5.74) is 14.3. The molecular formula is C39H65N5O4. The minimum Gasteiger partial charge on any atom is -0.368 e. The highest BCUT2D eigenvalue weighted by Gasteiger charge is 2.26. The van der Waals surface area contributed by atoms with Crippen LogP contribution in [-0.4, -0.2) is 72.7 Å². The van der Waals surface area contributed by atoms with Crippen molar-refractivity contribution in [2.45, 2.75) is 136 Å². The molecule has 0 saturated carbocycles. The van der Waals surface area contributed by atoms with Crippen molar-refractivity contribution in [3.63, 3.8) is 0 Å². The van der Waals surface area contributed by atoms with E-state index in [-0.39, 0.29) is 37.4 Å². The van der Waals surface area contributed by atoms with Crippen molar-refractivity contribution in [3.05, 3.63) is 41.5 Å². The molecule has 48 heavy (non-hydrogen) atoms. The predicted molar refractivity (Wildman–Crippen MR) is 197 cm³/mol. The molecule has 1 aliphatic carbocycles. The number of fused-ring (bicyclic) bond motifs is 1. The van der Waals surface area contributed by atoms with Crippen LogP contribution in [0.4, 0.5) is 5.69 Å². The van der Waals surface area contributed by atoms with E-state index in [9.17, 15) is 19.2 Å². The van der Waals surface area contributed by atoms with E-state index < -0.39 is 5.91 Å². The van der Waals surface area contributed by atoms with Crippen LogP contribution in [0.2, 0.25) is 0 Å². The van der Waals surface area contributed by atoms with Crippen molar-refractivity contribution < 1.29 is 19.2 Å². The molecule has 2 rings (SSSR count). The molecule has 1 aromatic carbocycles. The highest BCUT2D eigenvalue weighted by molar-refractivity contribution is 6.01. The van der Waals surface area contributed by atoms with Gasteiger partial charge in [-0.05, 0) is 94.0 Å². The standard InChI is InChI=1S/C39H65N5O4/c1-3-4-5-6-7-8-9-10-11-12-13-14-15-16-17-19-28-43(30-37(41)46)38(47)32-44(36-25-24-34-22-21-23-35(34)29-36)39(48)31-42(33(2)45)27-20-18-26-40/h10-11,24-25,29H,3-9,12-23,26-28,30-32,40H2,1-2H3,(H2,41,46)/b11-10+. The average molecular weight is 668 g/mol. The normalized spacial score (nSPS) is 12.3. The summed E-state index contributed by atoms with van der Waals surface area (Å²) in [4.78, 5) is 56.1.